The Morgan fingerprint density at radius 1 is 1.10 bits per heavy atom. The van der Waals surface area contributed by atoms with Crippen molar-refractivity contribution in [3.05, 3.63) is 60.0 Å². The lowest BCUT2D eigenvalue weighted by molar-refractivity contribution is 0.735. The van der Waals surface area contributed by atoms with E-state index in [4.69, 9.17) is 0 Å². The molecule has 0 aliphatic rings. The summed E-state index contributed by atoms with van der Waals surface area (Å²) in [6.07, 6.45) is 2.76. The number of aryl methyl sites for hydroxylation is 1. The van der Waals surface area contributed by atoms with Gasteiger partial charge >= 0.3 is 0 Å². The fourth-order valence-corrected chi connectivity index (χ4v) is 3.18. The highest BCUT2D eigenvalue weighted by molar-refractivity contribution is 14.0. The van der Waals surface area contributed by atoms with Crippen LogP contribution in [0.5, 0.6) is 0 Å². The molecule has 3 rings (SSSR count). The van der Waals surface area contributed by atoms with E-state index >= 15 is 0 Å². The Kier molecular flexibility index (Phi) is 9.17. The predicted octanol–water partition coefficient (Wildman–Crippen LogP) is 2.89. The van der Waals surface area contributed by atoms with E-state index in [0.29, 0.717) is 0 Å². The molecule has 0 unspecified atom stereocenters. The zero-order chi connectivity index (χ0) is 19.8. The summed E-state index contributed by atoms with van der Waals surface area (Å²) in [6.45, 7) is 7.74. The monoisotopic (exact) mass is 507 g/mol. The van der Waals surface area contributed by atoms with Crippen LogP contribution in [-0.4, -0.2) is 53.8 Å². The number of nitrogens with zero attached hydrogens (tertiary/aromatic N) is 5. The predicted molar refractivity (Wildman–Crippen MR) is 131 cm³/mol. The van der Waals surface area contributed by atoms with Crippen molar-refractivity contribution in [1.29, 1.82) is 0 Å². The molecule has 0 atom stereocenters. The number of rotatable bonds is 8. The van der Waals surface area contributed by atoms with Crippen molar-refractivity contribution in [3.63, 3.8) is 0 Å². The molecule has 29 heavy (non-hydrogen) atoms. The summed E-state index contributed by atoms with van der Waals surface area (Å²) >= 11 is 0. The number of hydrogen-bond acceptors (Lipinski definition) is 4. The fraction of sp³-hybridized carbons (Fsp3) is 0.381. The van der Waals surface area contributed by atoms with Crippen molar-refractivity contribution < 1.29 is 0 Å². The van der Waals surface area contributed by atoms with E-state index in [-0.39, 0.29) is 24.0 Å². The zero-order valence-electron chi connectivity index (χ0n) is 17.3. The molecule has 156 valence electrons. The number of likely N-dealkylation sites (N-methyl/N-ethyl adjacent to an activating group) is 1. The van der Waals surface area contributed by atoms with Gasteiger partial charge in [0, 0.05) is 51.5 Å². The molecule has 0 amide bonds. The summed E-state index contributed by atoms with van der Waals surface area (Å²) in [6, 6.07) is 14.5. The molecule has 0 aliphatic carbocycles. The van der Waals surface area contributed by atoms with E-state index in [1.807, 2.05) is 28.8 Å². The Morgan fingerprint density at radius 3 is 2.69 bits per heavy atom. The molecule has 7 nitrogen and oxygen atoms in total. The first-order valence-corrected chi connectivity index (χ1v) is 9.76. The lowest BCUT2D eigenvalue weighted by atomic mass is 10.2. The smallest absolute Gasteiger partial charge is 0.191 e. The Bertz CT molecular complexity index is 922. The van der Waals surface area contributed by atoms with E-state index in [1.165, 1.54) is 11.3 Å². The van der Waals surface area contributed by atoms with Crippen molar-refractivity contribution in [2.45, 2.75) is 20.3 Å². The van der Waals surface area contributed by atoms with E-state index in [1.54, 1.807) is 7.05 Å². The maximum Gasteiger partial charge on any atom is 0.191 e. The number of nitrogens with one attached hydrogen (secondary N) is 2. The van der Waals surface area contributed by atoms with Crippen molar-refractivity contribution in [1.82, 2.24) is 25.2 Å². The van der Waals surface area contributed by atoms with Crippen LogP contribution in [0.3, 0.4) is 0 Å². The van der Waals surface area contributed by atoms with E-state index in [9.17, 15) is 0 Å². The van der Waals surface area contributed by atoms with Gasteiger partial charge in [-0.1, -0.05) is 18.2 Å². The highest BCUT2D eigenvalue weighted by atomic mass is 127. The van der Waals surface area contributed by atoms with E-state index in [2.05, 4.69) is 68.8 Å². The molecule has 8 heteroatoms. The van der Waals surface area contributed by atoms with Gasteiger partial charge in [0.15, 0.2) is 11.6 Å². The quantitative estimate of drug-likeness (QED) is 0.279. The molecular weight excluding hydrogens is 477 g/mol. The third kappa shape index (κ3) is 6.31. The average molecular weight is 507 g/mol. The number of fused-ring (bicyclic) bond motifs is 1. The molecule has 0 radical (unpaired) electrons. The van der Waals surface area contributed by atoms with Crippen LogP contribution in [-0.2, 0) is 6.42 Å². The van der Waals surface area contributed by atoms with Crippen LogP contribution < -0.4 is 15.5 Å². The van der Waals surface area contributed by atoms with Gasteiger partial charge in [0.1, 0.15) is 5.82 Å². The summed E-state index contributed by atoms with van der Waals surface area (Å²) in [5.74, 6) is 1.74. The molecule has 0 spiro atoms. The van der Waals surface area contributed by atoms with Crippen LogP contribution in [0.2, 0.25) is 0 Å². The summed E-state index contributed by atoms with van der Waals surface area (Å²) in [5.41, 5.74) is 3.41. The van der Waals surface area contributed by atoms with Crippen molar-refractivity contribution in [2.24, 2.45) is 4.99 Å². The van der Waals surface area contributed by atoms with Gasteiger partial charge < -0.3 is 15.5 Å². The number of halogens is 1. The molecule has 2 N–H and O–H groups in total. The minimum atomic E-state index is 0. The van der Waals surface area contributed by atoms with Crippen molar-refractivity contribution >= 4 is 41.3 Å². The van der Waals surface area contributed by atoms with Gasteiger partial charge in [-0.3, -0.25) is 9.39 Å². The standard InChI is InChI=1S/C21H29N7.HI/c1-4-27(18-9-7-8-17(2)16-18)15-13-24-21(22-3)23-12-11-20-26-25-19-10-5-6-14-28(19)20;/h5-10,14,16H,4,11-13,15H2,1-3H3,(H2,22,23,24);1H. The van der Waals surface area contributed by atoms with E-state index < -0.39 is 0 Å². The lowest BCUT2D eigenvalue weighted by Gasteiger charge is -2.24. The van der Waals surface area contributed by atoms with Crippen LogP contribution in [0, 0.1) is 6.92 Å². The van der Waals surface area contributed by atoms with Crippen LogP contribution in [0.15, 0.2) is 53.7 Å². The Balaban J connectivity index is 0.00000300. The summed E-state index contributed by atoms with van der Waals surface area (Å²) in [5, 5.41) is 15.2. The minimum absolute atomic E-state index is 0. The highest BCUT2D eigenvalue weighted by Crippen LogP contribution is 2.14. The number of aromatic nitrogens is 3. The third-order valence-corrected chi connectivity index (χ3v) is 4.67. The van der Waals surface area contributed by atoms with E-state index in [0.717, 1.165) is 50.0 Å². The molecular formula is C21H30IN7. The van der Waals surface area contributed by atoms with Crippen LogP contribution in [0.25, 0.3) is 5.65 Å². The Hall–Kier alpha value is -2.36. The summed E-state index contributed by atoms with van der Waals surface area (Å²) < 4.78 is 2.01. The van der Waals surface area contributed by atoms with Gasteiger partial charge in [-0.2, -0.15) is 0 Å². The second-order valence-electron chi connectivity index (χ2n) is 6.64. The molecule has 0 saturated carbocycles. The molecule has 3 aromatic rings. The van der Waals surface area contributed by atoms with Crippen LogP contribution in [0.4, 0.5) is 5.69 Å². The number of anilines is 1. The van der Waals surface area contributed by atoms with Crippen LogP contribution in [0.1, 0.15) is 18.3 Å². The molecule has 0 aliphatic heterocycles. The van der Waals surface area contributed by atoms with Crippen LogP contribution >= 0.6 is 24.0 Å². The maximum absolute atomic E-state index is 4.31. The fourth-order valence-electron chi connectivity index (χ4n) is 3.18. The second kappa shape index (κ2) is 11.6. The number of hydrogen-bond donors (Lipinski definition) is 2. The third-order valence-electron chi connectivity index (χ3n) is 4.67. The van der Waals surface area contributed by atoms with Gasteiger partial charge in [0.25, 0.3) is 0 Å². The first kappa shape index (κ1) is 22.9. The SMILES string of the molecule is CCN(CCNC(=NC)NCCc1nnc2ccccn12)c1cccc(C)c1.I. The molecule has 0 fully saturated rings. The van der Waals surface area contributed by atoms with Gasteiger partial charge in [-0.15, -0.1) is 34.2 Å². The largest absolute Gasteiger partial charge is 0.370 e. The Morgan fingerprint density at radius 2 is 1.93 bits per heavy atom. The molecule has 0 saturated heterocycles. The van der Waals surface area contributed by atoms with Crippen molar-refractivity contribution in [3.8, 4) is 0 Å². The highest BCUT2D eigenvalue weighted by Gasteiger charge is 2.06. The molecule has 1 aromatic carbocycles. The average Bonchev–Trinajstić information content (AvgIpc) is 3.13. The van der Waals surface area contributed by atoms with Gasteiger partial charge in [0.05, 0.1) is 0 Å². The van der Waals surface area contributed by atoms with Gasteiger partial charge in [0.2, 0.25) is 0 Å². The van der Waals surface area contributed by atoms with Gasteiger partial charge in [-0.25, -0.2) is 0 Å². The molecule has 0 bridgehead atoms. The molecule has 2 aromatic heterocycles. The minimum Gasteiger partial charge on any atom is -0.370 e. The first-order chi connectivity index (χ1) is 13.7. The van der Waals surface area contributed by atoms with Crippen molar-refractivity contribution in [2.75, 3.05) is 38.1 Å². The maximum atomic E-state index is 4.31. The Labute approximate surface area is 189 Å². The first-order valence-electron chi connectivity index (χ1n) is 9.76. The number of pyridine rings is 1. The molecule has 2 heterocycles. The second-order valence-corrected chi connectivity index (χ2v) is 6.64. The zero-order valence-corrected chi connectivity index (χ0v) is 19.6. The summed E-state index contributed by atoms with van der Waals surface area (Å²) in [7, 11) is 1.79. The number of aliphatic imine (C=N–C) groups is 1. The number of guanidine groups is 1. The van der Waals surface area contributed by atoms with Gasteiger partial charge in [-0.05, 0) is 43.7 Å². The topological polar surface area (TPSA) is 69.8 Å². The normalized spacial score (nSPS) is 11.2. The number of benzene rings is 1. The summed E-state index contributed by atoms with van der Waals surface area (Å²) in [4.78, 5) is 6.67. The lowest BCUT2D eigenvalue weighted by Crippen LogP contribution is -2.42.